The van der Waals surface area contributed by atoms with Crippen LogP contribution in [-0.2, 0) is 0 Å². The third kappa shape index (κ3) is 3.78. The first-order valence-electron chi connectivity index (χ1n) is 4.67. The third-order valence-corrected chi connectivity index (χ3v) is 2.52. The molecule has 0 saturated heterocycles. The standard InChI is InChI=1S/C10H14Cl2N2O/c1-6(15)2-3-14-10-8(11)4-7(13)5-9(10)12/h4-6,14-15H,2-3,13H2,1H3. The Morgan fingerprint density at radius 3 is 2.40 bits per heavy atom. The highest BCUT2D eigenvalue weighted by atomic mass is 35.5. The molecule has 0 amide bonds. The summed E-state index contributed by atoms with van der Waals surface area (Å²) in [4.78, 5) is 0. The van der Waals surface area contributed by atoms with Gasteiger partial charge in [-0.05, 0) is 25.5 Å². The number of aliphatic hydroxyl groups is 1. The normalized spacial score (nSPS) is 12.5. The number of benzene rings is 1. The van der Waals surface area contributed by atoms with Gasteiger partial charge in [-0.15, -0.1) is 0 Å². The van der Waals surface area contributed by atoms with Crippen LogP contribution in [0.4, 0.5) is 11.4 Å². The molecule has 0 saturated carbocycles. The van der Waals surface area contributed by atoms with Crippen LogP contribution in [0.1, 0.15) is 13.3 Å². The number of nitrogens with two attached hydrogens (primary N) is 1. The zero-order chi connectivity index (χ0) is 11.4. The molecule has 1 aromatic carbocycles. The second-order valence-corrected chi connectivity index (χ2v) is 4.24. The van der Waals surface area contributed by atoms with E-state index < -0.39 is 0 Å². The van der Waals surface area contributed by atoms with Gasteiger partial charge in [0.2, 0.25) is 0 Å². The fourth-order valence-corrected chi connectivity index (χ4v) is 1.81. The fourth-order valence-electron chi connectivity index (χ4n) is 1.17. The predicted octanol–water partition coefficient (Wildman–Crippen LogP) is 2.76. The van der Waals surface area contributed by atoms with Gasteiger partial charge in [-0.1, -0.05) is 23.2 Å². The van der Waals surface area contributed by atoms with Crippen LogP contribution >= 0.6 is 23.2 Å². The minimum Gasteiger partial charge on any atom is -0.399 e. The first-order valence-corrected chi connectivity index (χ1v) is 5.42. The van der Waals surface area contributed by atoms with Crippen LogP contribution in [0.25, 0.3) is 0 Å². The number of nitrogens with one attached hydrogen (secondary N) is 1. The Kier molecular flexibility index (Phi) is 4.51. The van der Waals surface area contributed by atoms with Gasteiger partial charge in [0, 0.05) is 12.2 Å². The number of hydrogen-bond acceptors (Lipinski definition) is 3. The lowest BCUT2D eigenvalue weighted by molar-refractivity contribution is 0.189. The minimum absolute atomic E-state index is 0.344. The van der Waals surface area contributed by atoms with Crippen LogP contribution < -0.4 is 11.1 Å². The van der Waals surface area contributed by atoms with Gasteiger partial charge >= 0.3 is 0 Å². The van der Waals surface area contributed by atoms with Crippen molar-refractivity contribution >= 4 is 34.6 Å². The van der Waals surface area contributed by atoms with Crippen molar-refractivity contribution in [2.75, 3.05) is 17.6 Å². The van der Waals surface area contributed by atoms with Gasteiger partial charge in [0.25, 0.3) is 0 Å². The van der Waals surface area contributed by atoms with E-state index in [0.717, 1.165) is 0 Å². The van der Waals surface area contributed by atoms with Crippen molar-refractivity contribution in [3.63, 3.8) is 0 Å². The van der Waals surface area contributed by atoms with Crippen LogP contribution in [0.15, 0.2) is 12.1 Å². The quantitative estimate of drug-likeness (QED) is 0.719. The summed E-state index contributed by atoms with van der Waals surface area (Å²) in [6.45, 7) is 2.34. The molecule has 1 unspecified atom stereocenters. The summed E-state index contributed by atoms with van der Waals surface area (Å²) in [6, 6.07) is 3.27. The largest absolute Gasteiger partial charge is 0.399 e. The fraction of sp³-hybridized carbons (Fsp3) is 0.400. The van der Waals surface area contributed by atoms with Crippen LogP contribution in [0.5, 0.6) is 0 Å². The van der Waals surface area contributed by atoms with E-state index in [2.05, 4.69) is 5.32 Å². The van der Waals surface area contributed by atoms with Crippen LogP contribution in [0, 0.1) is 0 Å². The van der Waals surface area contributed by atoms with Crippen LogP contribution in [0.3, 0.4) is 0 Å². The Labute approximate surface area is 99.2 Å². The smallest absolute Gasteiger partial charge is 0.0720 e. The Morgan fingerprint density at radius 2 is 1.93 bits per heavy atom. The van der Waals surface area contributed by atoms with Gasteiger partial charge < -0.3 is 16.2 Å². The van der Waals surface area contributed by atoms with E-state index in [4.69, 9.17) is 34.0 Å². The molecule has 0 aliphatic rings. The molecule has 0 aliphatic heterocycles. The molecule has 0 heterocycles. The number of anilines is 2. The van der Waals surface area contributed by atoms with Gasteiger partial charge in [-0.2, -0.15) is 0 Å². The molecule has 0 bridgehead atoms. The van der Waals surface area contributed by atoms with Crippen molar-refractivity contribution in [3.8, 4) is 0 Å². The lowest BCUT2D eigenvalue weighted by atomic mass is 10.2. The molecule has 0 fully saturated rings. The molecule has 3 nitrogen and oxygen atoms in total. The van der Waals surface area contributed by atoms with Crippen molar-refractivity contribution in [1.82, 2.24) is 0 Å². The lowest BCUT2D eigenvalue weighted by Gasteiger charge is -2.11. The van der Waals surface area contributed by atoms with Crippen molar-refractivity contribution < 1.29 is 5.11 Å². The second-order valence-electron chi connectivity index (χ2n) is 3.42. The average Bonchev–Trinajstić information content (AvgIpc) is 2.08. The van der Waals surface area contributed by atoms with Gasteiger partial charge in [-0.3, -0.25) is 0 Å². The van der Waals surface area contributed by atoms with E-state index >= 15 is 0 Å². The number of nitrogen functional groups attached to an aromatic ring is 1. The Balaban J connectivity index is 2.68. The number of hydrogen-bond donors (Lipinski definition) is 3. The molecule has 15 heavy (non-hydrogen) atoms. The summed E-state index contributed by atoms with van der Waals surface area (Å²) in [5.41, 5.74) is 6.76. The molecule has 84 valence electrons. The lowest BCUT2D eigenvalue weighted by Crippen LogP contribution is -2.10. The molecule has 1 aromatic rings. The number of halogens is 2. The summed E-state index contributed by atoms with van der Waals surface area (Å²) in [5, 5.41) is 13.1. The summed E-state index contributed by atoms with van der Waals surface area (Å²) in [5.74, 6) is 0. The molecule has 1 rings (SSSR count). The summed E-state index contributed by atoms with van der Waals surface area (Å²) >= 11 is 11.9. The van der Waals surface area contributed by atoms with Crippen molar-refractivity contribution in [1.29, 1.82) is 0 Å². The topological polar surface area (TPSA) is 58.3 Å². The highest BCUT2D eigenvalue weighted by Gasteiger charge is 2.06. The van der Waals surface area contributed by atoms with Crippen molar-refractivity contribution in [2.45, 2.75) is 19.4 Å². The van der Waals surface area contributed by atoms with E-state index in [1.54, 1.807) is 19.1 Å². The molecular formula is C10H14Cl2N2O. The molecule has 0 radical (unpaired) electrons. The molecule has 0 spiro atoms. The maximum atomic E-state index is 9.09. The Hall–Kier alpha value is -0.640. The zero-order valence-electron chi connectivity index (χ0n) is 8.43. The molecule has 5 heteroatoms. The van der Waals surface area contributed by atoms with Crippen LogP contribution in [-0.4, -0.2) is 17.8 Å². The SMILES string of the molecule is CC(O)CCNc1c(Cl)cc(N)cc1Cl. The monoisotopic (exact) mass is 248 g/mol. The van der Waals surface area contributed by atoms with E-state index in [1.807, 2.05) is 0 Å². The third-order valence-electron chi connectivity index (χ3n) is 1.93. The molecule has 0 aromatic heterocycles. The molecular weight excluding hydrogens is 235 g/mol. The van der Waals surface area contributed by atoms with Gasteiger partial charge in [0.15, 0.2) is 0 Å². The Bertz CT molecular complexity index is 319. The highest BCUT2D eigenvalue weighted by Crippen LogP contribution is 2.32. The first kappa shape index (κ1) is 12.4. The molecule has 1 atom stereocenters. The van der Waals surface area contributed by atoms with Gasteiger partial charge in [0.05, 0.1) is 21.8 Å². The first-order chi connectivity index (χ1) is 7.00. The summed E-state index contributed by atoms with van der Waals surface area (Å²) in [7, 11) is 0. The predicted molar refractivity (Wildman–Crippen MR) is 65.7 cm³/mol. The maximum absolute atomic E-state index is 9.09. The van der Waals surface area contributed by atoms with Gasteiger partial charge in [0.1, 0.15) is 0 Å². The second kappa shape index (κ2) is 5.45. The van der Waals surface area contributed by atoms with E-state index in [1.165, 1.54) is 0 Å². The van der Waals surface area contributed by atoms with E-state index in [0.29, 0.717) is 34.4 Å². The Morgan fingerprint density at radius 1 is 1.40 bits per heavy atom. The van der Waals surface area contributed by atoms with Crippen molar-refractivity contribution in [3.05, 3.63) is 22.2 Å². The van der Waals surface area contributed by atoms with E-state index in [-0.39, 0.29) is 6.10 Å². The summed E-state index contributed by atoms with van der Waals surface area (Å²) in [6.07, 6.45) is 0.292. The number of rotatable bonds is 4. The highest BCUT2D eigenvalue weighted by molar-refractivity contribution is 6.39. The summed E-state index contributed by atoms with van der Waals surface area (Å²) < 4.78 is 0. The molecule has 0 aliphatic carbocycles. The maximum Gasteiger partial charge on any atom is 0.0720 e. The van der Waals surface area contributed by atoms with Crippen LogP contribution in [0.2, 0.25) is 10.0 Å². The minimum atomic E-state index is -0.344. The zero-order valence-corrected chi connectivity index (χ0v) is 9.94. The van der Waals surface area contributed by atoms with Gasteiger partial charge in [-0.25, -0.2) is 0 Å². The van der Waals surface area contributed by atoms with Crippen molar-refractivity contribution in [2.24, 2.45) is 0 Å². The average molecular weight is 249 g/mol. The van der Waals surface area contributed by atoms with E-state index in [9.17, 15) is 0 Å². The molecule has 4 N–H and O–H groups in total. The number of aliphatic hydroxyl groups excluding tert-OH is 1.